The lowest BCUT2D eigenvalue weighted by atomic mass is 10.2. The lowest BCUT2D eigenvalue weighted by Gasteiger charge is -2.13. The Kier molecular flexibility index (Phi) is 6.20. The Labute approximate surface area is 189 Å². The number of rotatable bonds is 7. The lowest BCUT2D eigenvalue weighted by molar-refractivity contribution is 0.102. The minimum absolute atomic E-state index is 0.129. The number of amides is 1. The van der Waals surface area contributed by atoms with Gasteiger partial charge in [0.2, 0.25) is 0 Å². The van der Waals surface area contributed by atoms with Crippen molar-refractivity contribution in [2.75, 3.05) is 17.1 Å². The molecule has 0 aliphatic carbocycles. The molecule has 9 heteroatoms. The average Bonchev–Trinajstić information content (AvgIpc) is 3.31. The van der Waals surface area contributed by atoms with Crippen LogP contribution in [0.2, 0.25) is 0 Å². The van der Waals surface area contributed by atoms with E-state index in [9.17, 15) is 13.2 Å². The standard InChI is InChI=1S/C23H19N3O4S2/c1-30-17-13-11-16(12-14-17)23-25-21(15-31-23)22(27)24-19-9-5-6-10-20(19)26-32(28,29)18-7-3-2-4-8-18/h2-15,26H,1H3,(H,24,27). The first-order valence-corrected chi connectivity index (χ1v) is 11.9. The predicted octanol–water partition coefficient (Wildman–Crippen LogP) is 4.87. The molecule has 162 valence electrons. The topological polar surface area (TPSA) is 97.4 Å². The molecule has 32 heavy (non-hydrogen) atoms. The van der Waals surface area contributed by atoms with Gasteiger partial charge >= 0.3 is 0 Å². The number of carbonyl (C=O) groups excluding carboxylic acids is 1. The van der Waals surface area contributed by atoms with Crippen LogP contribution >= 0.6 is 11.3 Å². The molecule has 7 nitrogen and oxygen atoms in total. The molecule has 1 heterocycles. The van der Waals surface area contributed by atoms with Crippen molar-refractivity contribution in [2.24, 2.45) is 0 Å². The highest BCUT2D eigenvalue weighted by Crippen LogP contribution is 2.28. The Morgan fingerprint density at radius 1 is 0.906 bits per heavy atom. The largest absolute Gasteiger partial charge is 0.497 e. The lowest BCUT2D eigenvalue weighted by Crippen LogP contribution is -2.17. The SMILES string of the molecule is COc1ccc(-c2nc(C(=O)Nc3ccccc3NS(=O)(=O)c3ccccc3)cs2)cc1. The van der Waals surface area contributed by atoms with Crippen LogP contribution in [0.1, 0.15) is 10.5 Å². The van der Waals surface area contributed by atoms with Gasteiger partial charge in [0.1, 0.15) is 16.5 Å². The molecular weight excluding hydrogens is 446 g/mol. The predicted molar refractivity (Wildman–Crippen MR) is 126 cm³/mol. The number of para-hydroxylation sites is 2. The molecule has 2 N–H and O–H groups in total. The van der Waals surface area contributed by atoms with E-state index in [2.05, 4.69) is 15.0 Å². The van der Waals surface area contributed by atoms with E-state index in [-0.39, 0.29) is 16.3 Å². The van der Waals surface area contributed by atoms with Crippen molar-refractivity contribution >= 4 is 38.6 Å². The molecule has 4 aromatic rings. The van der Waals surface area contributed by atoms with Gasteiger partial charge in [-0.15, -0.1) is 11.3 Å². The first-order chi connectivity index (χ1) is 15.5. The molecule has 0 radical (unpaired) electrons. The molecule has 0 saturated carbocycles. The maximum absolute atomic E-state index is 12.8. The molecule has 0 unspecified atom stereocenters. The van der Waals surface area contributed by atoms with Crippen LogP contribution in [0.5, 0.6) is 5.75 Å². The molecule has 0 spiro atoms. The van der Waals surface area contributed by atoms with Gasteiger partial charge in [-0.25, -0.2) is 13.4 Å². The Bertz CT molecular complexity index is 1340. The minimum Gasteiger partial charge on any atom is -0.497 e. The second-order valence-corrected chi connectivity index (χ2v) is 9.23. The summed E-state index contributed by atoms with van der Waals surface area (Å²) in [6, 6.07) is 22.0. The molecule has 1 amide bonds. The number of sulfonamides is 1. The molecule has 0 aliphatic rings. The van der Waals surface area contributed by atoms with Crippen molar-refractivity contribution in [3.63, 3.8) is 0 Å². The maximum atomic E-state index is 12.8. The van der Waals surface area contributed by atoms with Gasteiger partial charge in [0.25, 0.3) is 15.9 Å². The zero-order valence-corrected chi connectivity index (χ0v) is 18.6. The summed E-state index contributed by atoms with van der Waals surface area (Å²) in [7, 11) is -2.20. The molecule has 0 bridgehead atoms. The maximum Gasteiger partial charge on any atom is 0.275 e. The number of ether oxygens (including phenoxy) is 1. The second-order valence-electron chi connectivity index (χ2n) is 6.68. The number of methoxy groups -OCH3 is 1. The molecule has 0 fully saturated rings. The summed E-state index contributed by atoms with van der Waals surface area (Å²) in [5.41, 5.74) is 1.69. The van der Waals surface area contributed by atoms with Gasteiger partial charge < -0.3 is 10.1 Å². The van der Waals surface area contributed by atoms with Gasteiger partial charge in [-0.05, 0) is 48.5 Å². The Hall–Kier alpha value is -3.69. The van der Waals surface area contributed by atoms with Gasteiger partial charge in [-0.3, -0.25) is 9.52 Å². The van der Waals surface area contributed by atoms with Crippen molar-refractivity contribution in [3.05, 3.63) is 89.9 Å². The number of aromatic nitrogens is 1. The van der Waals surface area contributed by atoms with Crippen LogP contribution in [-0.2, 0) is 10.0 Å². The second kappa shape index (κ2) is 9.21. The molecule has 1 aromatic heterocycles. The van der Waals surface area contributed by atoms with Crippen LogP contribution in [-0.4, -0.2) is 26.4 Å². The fourth-order valence-corrected chi connectivity index (χ4v) is 4.82. The van der Waals surface area contributed by atoms with E-state index in [0.29, 0.717) is 10.7 Å². The van der Waals surface area contributed by atoms with Gasteiger partial charge in [-0.1, -0.05) is 30.3 Å². The fraction of sp³-hybridized carbons (Fsp3) is 0.0435. The molecule has 0 atom stereocenters. The summed E-state index contributed by atoms with van der Waals surface area (Å²) in [5, 5.41) is 5.09. The van der Waals surface area contributed by atoms with Crippen molar-refractivity contribution < 1.29 is 17.9 Å². The van der Waals surface area contributed by atoms with Gasteiger partial charge in [0.05, 0.1) is 23.4 Å². The summed E-state index contributed by atoms with van der Waals surface area (Å²) >= 11 is 1.34. The average molecular weight is 466 g/mol. The van der Waals surface area contributed by atoms with Gasteiger partial charge in [0, 0.05) is 10.9 Å². The Balaban J connectivity index is 1.53. The normalized spacial score (nSPS) is 11.0. The van der Waals surface area contributed by atoms with Crippen LogP contribution in [0.15, 0.2) is 89.1 Å². The fourth-order valence-electron chi connectivity index (χ4n) is 2.92. The van der Waals surface area contributed by atoms with Crippen LogP contribution in [0, 0.1) is 0 Å². The number of nitrogens with one attached hydrogen (secondary N) is 2. The number of benzene rings is 3. The number of carbonyl (C=O) groups is 1. The van der Waals surface area contributed by atoms with E-state index < -0.39 is 15.9 Å². The number of hydrogen-bond acceptors (Lipinski definition) is 6. The minimum atomic E-state index is -3.80. The summed E-state index contributed by atoms with van der Waals surface area (Å²) in [4.78, 5) is 17.3. The van der Waals surface area contributed by atoms with Crippen molar-refractivity contribution in [3.8, 4) is 16.3 Å². The van der Waals surface area contributed by atoms with Gasteiger partial charge in [-0.2, -0.15) is 0 Å². The van der Waals surface area contributed by atoms with Crippen LogP contribution in [0.25, 0.3) is 10.6 Å². The van der Waals surface area contributed by atoms with E-state index in [1.807, 2.05) is 24.3 Å². The number of hydrogen-bond donors (Lipinski definition) is 2. The summed E-state index contributed by atoms with van der Waals surface area (Å²) < 4.78 is 33.0. The molecule has 0 aliphatic heterocycles. The third-order valence-electron chi connectivity index (χ3n) is 4.55. The first kappa shape index (κ1) is 21.5. The van der Waals surface area contributed by atoms with Crippen molar-refractivity contribution in [2.45, 2.75) is 4.90 Å². The molecule has 4 rings (SSSR count). The quantitative estimate of drug-likeness (QED) is 0.406. The highest BCUT2D eigenvalue weighted by molar-refractivity contribution is 7.92. The van der Waals surface area contributed by atoms with E-state index >= 15 is 0 Å². The van der Waals surface area contributed by atoms with Crippen LogP contribution in [0.3, 0.4) is 0 Å². The zero-order valence-electron chi connectivity index (χ0n) is 17.0. The third kappa shape index (κ3) is 4.79. The number of anilines is 2. The number of nitrogens with zero attached hydrogens (tertiary/aromatic N) is 1. The first-order valence-electron chi connectivity index (χ1n) is 9.54. The summed E-state index contributed by atoms with van der Waals surface area (Å²) in [6.07, 6.45) is 0. The monoisotopic (exact) mass is 465 g/mol. The Morgan fingerprint density at radius 3 is 2.25 bits per heavy atom. The zero-order chi connectivity index (χ0) is 22.6. The Morgan fingerprint density at radius 2 is 1.56 bits per heavy atom. The highest BCUT2D eigenvalue weighted by Gasteiger charge is 2.18. The van der Waals surface area contributed by atoms with E-state index in [4.69, 9.17) is 4.74 Å². The van der Waals surface area contributed by atoms with E-state index in [1.165, 1.54) is 23.5 Å². The van der Waals surface area contributed by atoms with Gasteiger partial charge in [0.15, 0.2) is 0 Å². The van der Waals surface area contributed by atoms with Crippen LogP contribution in [0.4, 0.5) is 11.4 Å². The van der Waals surface area contributed by atoms with Crippen molar-refractivity contribution in [1.29, 1.82) is 0 Å². The third-order valence-corrected chi connectivity index (χ3v) is 6.82. The van der Waals surface area contributed by atoms with Crippen molar-refractivity contribution in [1.82, 2.24) is 4.98 Å². The molecular formula is C23H19N3O4S2. The number of thiazole rings is 1. The summed E-state index contributed by atoms with van der Waals surface area (Å²) in [5.74, 6) is 0.296. The molecule has 0 saturated heterocycles. The van der Waals surface area contributed by atoms with E-state index in [0.717, 1.165) is 11.3 Å². The smallest absolute Gasteiger partial charge is 0.275 e. The molecule has 3 aromatic carbocycles. The highest BCUT2D eigenvalue weighted by atomic mass is 32.2. The van der Waals surface area contributed by atoms with E-state index in [1.54, 1.807) is 55.0 Å². The summed E-state index contributed by atoms with van der Waals surface area (Å²) in [6.45, 7) is 0. The van der Waals surface area contributed by atoms with Crippen LogP contribution < -0.4 is 14.8 Å².